The third kappa shape index (κ3) is 5.56. The van der Waals surface area contributed by atoms with Crippen molar-refractivity contribution < 1.29 is 14.2 Å². The summed E-state index contributed by atoms with van der Waals surface area (Å²) in [6.45, 7) is 2.93. The van der Waals surface area contributed by atoms with E-state index in [1.807, 2.05) is 48.5 Å². The molecule has 156 valence electrons. The summed E-state index contributed by atoms with van der Waals surface area (Å²) < 4.78 is 16.9. The Morgan fingerprint density at radius 2 is 1.83 bits per heavy atom. The number of fused-ring (bicyclic) bond motifs is 1. The quantitative estimate of drug-likeness (QED) is 0.604. The SMILES string of the molecule is COc1ccccc1OCCN(C)CCCC1(C#N)CCOc2ccccc21.Cl. The molecule has 2 aromatic rings. The van der Waals surface area contributed by atoms with Gasteiger partial charge in [0.05, 0.1) is 25.2 Å². The highest BCUT2D eigenvalue weighted by Gasteiger charge is 2.37. The average Bonchev–Trinajstić information content (AvgIpc) is 2.74. The maximum atomic E-state index is 9.92. The van der Waals surface area contributed by atoms with Crippen molar-refractivity contribution in [3.05, 3.63) is 54.1 Å². The van der Waals surface area contributed by atoms with Gasteiger partial charge in [0.25, 0.3) is 0 Å². The molecule has 0 radical (unpaired) electrons. The van der Waals surface area contributed by atoms with Gasteiger partial charge in [-0.2, -0.15) is 5.26 Å². The van der Waals surface area contributed by atoms with Gasteiger partial charge in [0.15, 0.2) is 11.5 Å². The first-order chi connectivity index (χ1) is 13.7. The summed E-state index contributed by atoms with van der Waals surface area (Å²) in [7, 11) is 3.73. The van der Waals surface area contributed by atoms with Gasteiger partial charge in [0, 0.05) is 18.5 Å². The standard InChI is InChI=1S/C23H28N2O3.ClH/c1-25(15-17-28-22-11-6-5-10-21(22)26-2)14-7-12-23(18-24)13-16-27-20-9-4-3-8-19(20)23;/h3-6,8-11H,7,12-17H2,1-2H3;1H. The van der Waals surface area contributed by atoms with Crippen LogP contribution in [0.4, 0.5) is 0 Å². The van der Waals surface area contributed by atoms with Gasteiger partial charge in [0.1, 0.15) is 12.4 Å². The summed E-state index contributed by atoms with van der Waals surface area (Å²) in [5, 5.41) is 9.92. The number of para-hydroxylation sites is 3. The number of likely N-dealkylation sites (N-methyl/N-ethyl adjacent to an activating group) is 1. The molecule has 29 heavy (non-hydrogen) atoms. The second-order valence-corrected chi connectivity index (χ2v) is 7.19. The van der Waals surface area contributed by atoms with Crippen molar-refractivity contribution in [2.24, 2.45) is 0 Å². The molecule has 0 spiro atoms. The fourth-order valence-corrected chi connectivity index (χ4v) is 3.70. The molecule has 0 saturated heterocycles. The van der Waals surface area contributed by atoms with Gasteiger partial charge in [-0.15, -0.1) is 12.4 Å². The molecule has 1 atom stereocenters. The fourth-order valence-electron chi connectivity index (χ4n) is 3.70. The Hall–Kier alpha value is -2.42. The van der Waals surface area contributed by atoms with Crippen LogP contribution in [0.3, 0.4) is 0 Å². The second-order valence-electron chi connectivity index (χ2n) is 7.19. The van der Waals surface area contributed by atoms with E-state index in [1.165, 1.54) is 0 Å². The Bertz CT molecular complexity index is 824. The Kier molecular flexibility index (Phi) is 8.63. The minimum Gasteiger partial charge on any atom is -0.493 e. The number of hydrogen-bond acceptors (Lipinski definition) is 5. The number of rotatable bonds is 9. The Morgan fingerprint density at radius 1 is 1.10 bits per heavy atom. The molecule has 2 aromatic carbocycles. The van der Waals surface area contributed by atoms with Crippen molar-refractivity contribution in [1.29, 1.82) is 5.26 Å². The third-order valence-electron chi connectivity index (χ3n) is 5.35. The predicted molar refractivity (Wildman–Crippen MR) is 116 cm³/mol. The summed E-state index contributed by atoms with van der Waals surface area (Å²) in [5.74, 6) is 2.37. The fraction of sp³-hybridized carbons (Fsp3) is 0.435. The maximum Gasteiger partial charge on any atom is 0.161 e. The lowest BCUT2D eigenvalue weighted by Crippen LogP contribution is -2.33. The lowest BCUT2D eigenvalue weighted by molar-refractivity contribution is 0.212. The van der Waals surface area contributed by atoms with Gasteiger partial charge in [-0.1, -0.05) is 30.3 Å². The number of halogens is 1. The molecular formula is C23H29ClN2O3. The summed E-state index contributed by atoms with van der Waals surface area (Å²) in [6, 6.07) is 18.2. The van der Waals surface area contributed by atoms with Gasteiger partial charge in [0.2, 0.25) is 0 Å². The molecule has 0 amide bonds. The van der Waals surface area contributed by atoms with E-state index in [0.29, 0.717) is 13.2 Å². The van der Waals surface area contributed by atoms with E-state index in [9.17, 15) is 5.26 Å². The first-order valence-electron chi connectivity index (χ1n) is 9.76. The lowest BCUT2D eigenvalue weighted by Gasteiger charge is -2.33. The molecule has 0 aliphatic carbocycles. The van der Waals surface area contributed by atoms with Crippen LogP contribution in [0.2, 0.25) is 0 Å². The molecule has 0 fully saturated rings. The van der Waals surface area contributed by atoms with Gasteiger partial charge in [-0.3, -0.25) is 0 Å². The van der Waals surface area contributed by atoms with Crippen molar-refractivity contribution in [2.75, 3.05) is 40.5 Å². The molecule has 5 nitrogen and oxygen atoms in total. The van der Waals surface area contributed by atoms with Gasteiger partial charge in [-0.05, 0) is 44.6 Å². The maximum absolute atomic E-state index is 9.92. The van der Waals surface area contributed by atoms with E-state index in [0.717, 1.165) is 55.2 Å². The molecule has 1 unspecified atom stereocenters. The molecule has 1 heterocycles. The minimum absolute atomic E-state index is 0. The van der Waals surface area contributed by atoms with Crippen LogP contribution in [-0.4, -0.2) is 45.4 Å². The minimum atomic E-state index is -0.441. The molecule has 3 rings (SSSR count). The zero-order valence-electron chi connectivity index (χ0n) is 17.1. The van der Waals surface area contributed by atoms with Crippen LogP contribution in [-0.2, 0) is 5.41 Å². The third-order valence-corrected chi connectivity index (χ3v) is 5.35. The van der Waals surface area contributed by atoms with Crippen LogP contribution in [0.15, 0.2) is 48.5 Å². The van der Waals surface area contributed by atoms with Crippen LogP contribution in [0.5, 0.6) is 17.2 Å². The zero-order valence-corrected chi connectivity index (χ0v) is 17.9. The molecule has 0 bridgehead atoms. The molecule has 1 aliphatic rings. The first kappa shape index (κ1) is 22.9. The van der Waals surface area contributed by atoms with E-state index >= 15 is 0 Å². The largest absolute Gasteiger partial charge is 0.493 e. The number of hydrogen-bond donors (Lipinski definition) is 0. The summed E-state index contributed by atoms with van der Waals surface area (Å²) in [4.78, 5) is 2.24. The molecule has 0 aromatic heterocycles. The van der Waals surface area contributed by atoms with E-state index in [1.54, 1.807) is 7.11 Å². The molecule has 0 N–H and O–H groups in total. The highest BCUT2D eigenvalue weighted by Crippen LogP contribution is 2.41. The van der Waals surface area contributed by atoms with Crippen molar-refractivity contribution in [3.63, 3.8) is 0 Å². The van der Waals surface area contributed by atoms with Crippen LogP contribution < -0.4 is 14.2 Å². The molecule has 0 saturated carbocycles. The highest BCUT2D eigenvalue weighted by atomic mass is 35.5. The van der Waals surface area contributed by atoms with Crippen molar-refractivity contribution >= 4 is 12.4 Å². The Morgan fingerprint density at radius 3 is 2.59 bits per heavy atom. The monoisotopic (exact) mass is 416 g/mol. The molecule has 6 heteroatoms. The smallest absolute Gasteiger partial charge is 0.161 e. The molecular weight excluding hydrogens is 388 g/mol. The van der Waals surface area contributed by atoms with Gasteiger partial charge >= 0.3 is 0 Å². The van der Waals surface area contributed by atoms with Crippen molar-refractivity contribution in [2.45, 2.75) is 24.7 Å². The van der Waals surface area contributed by atoms with E-state index in [2.05, 4.69) is 18.0 Å². The normalized spacial score (nSPS) is 17.4. The highest BCUT2D eigenvalue weighted by molar-refractivity contribution is 5.85. The van der Waals surface area contributed by atoms with Gasteiger partial charge in [-0.25, -0.2) is 0 Å². The zero-order chi connectivity index (χ0) is 19.8. The van der Waals surface area contributed by atoms with E-state index in [-0.39, 0.29) is 12.4 Å². The van der Waals surface area contributed by atoms with Crippen molar-refractivity contribution in [3.8, 4) is 23.3 Å². The number of benzene rings is 2. The van der Waals surface area contributed by atoms with Crippen LogP contribution in [0, 0.1) is 11.3 Å². The average molecular weight is 417 g/mol. The topological polar surface area (TPSA) is 54.7 Å². The van der Waals surface area contributed by atoms with Crippen LogP contribution in [0.25, 0.3) is 0 Å². The van der Waals surface area contributed by atoms with Crippen LogP contribution in [0.1, 0.15) is 24.8 Å². The van der Waals surface area contributed by atoms with Gasteiger partial charge < -0.3 is 19.1 Å². The second kappa shape index (κ2) is 10.9. The summed E-state index contributed by atoms with van der Waals surface area (Å²) >= 11 is 0. The number of ether oxygens (including phenoxy) is 3. The predicted octanol–water partition coefficient (Wildman–Crippen LogP) is 4.45. The Labute approximate surface area is 179 Å². The van der Waals surface area contributed by atoms with E-state index in [4.69, 9.17) is 14.2 Å². The summed E-state index contributed by atoms with van der Waals surface area (Å²) in [6.07, 6.45) is 2.54. The van der Waals surface area contributed by atoms with E-state index < -0.39 is 5.41 Å². The lowest BCUT2D eigenvalue weighted by atomic mass is 9.74. The first-order valence-corrected chi connectivity index (χ1v) is 9.76. The Balaban J connectivity index is 0.00000300. The van der Waals surface area contributed by atoms with Crippen LogP contribution >= 0.6 is 12.4 Å². The molecule has 1 aliphatic heterocycles. The number of nitrogens with zero attached hydrogens (tertiary/aromatic N) is 2. The summed E-state index contributed by atoms with van der Waals surface area (Å²) in [5.41, 5.74) is 0.592. The number of nitriles is 1. The number of methoxy groups -OCH3 is 1. The van der Waals surface area contributed by atoms with Crippen molar-refractivity contribution in [1.82, 2.24) is 4.90 Å².